The number of esters is 3. The fourth-order valence-corrected chi connectivity index (χ4v) is 9.04. The van der Waals surface area contributed by atoms with Crippen LogP contribution in [0, 0.1) is 0 Å². The lowest BCUT2D eigenvalue weighted by atomic mass is 10.0. The molecule has 0 aliphatic rings. The monoisotopic (exact) mass is 1020 g/mol. The summed E-state index contributed by atoms with van der Waals surface area (Å²) in [5, 5.41) is 0. The number of allylic oxidation sites excluding steroid dienone is 12. The molecule has 0 radical (unpaired) electrons. The van der Waals surface area contributed by atoms with E-state index in [4.69, 9.17) is 14.2 Å². The molecule has 0 saturated heterocycles. The molecular formula is C67H118O6. The molecule has 0 spiro atoms. The molecule has 73 heavy (non-hydrogen) atoms. The van der Waals surface area contributed by atoms with Gasteiger partial charge in [0.15, 0.2) is 6.10 Å². The van der Waals surface area contributed by atoms with Gasteiger partial charge in [-0.1, -0.05) is 299 Å². The minimum absolute atomic E-state index is 0.0716. The van der Waals surface area contributed by atoms with Crippen LogP contribution in [0.15, 0.2) is 72.9 Å². The summed E-state index contributed by atoms with van der Waals surface area (Å²) in [5.74, 6) is -0.863. The molecule has 0 aliphatic heterocycles. The third-order valence-electron chi connectivity index (χ3n) is 13.7. The van der Waals surface area contributed by atoms with E-state index in [1.54, 1.807) is 0 Å². The van der Waals surface area contributed by atoms with Crippen molar-refractivity contribution in [3.05, 3.63) is 72.9 Å². The lowest BCUT2D eigenvalue weighted by Crippen LogP contribution is -2.30. The second-order valence-corrected chi connectivity index (χ2v) is 21.0. The molecule has 0 aromatic rings. The van der Waals surface area contributed by atoms with Gasteiger partial charge in [0, 0.05) is 19.3 Å². The Morgan fingerprint density at radius 2 is 0.534 bits per heavy atom. The maximum atomic E-state index is 12.9. The van der Waals surface area contributed by atoms with Crippen molar-refractivity contribution in [2.75, 3.05) is 13.2 Å². The highest BCUT2D eigenvalue weighted by Gasteiger charge is 2.19. The number of unbranched alkanes of at least 4 members (excludes halogenated alkanes) is 34. The van der Waals surface area contributed by atoms with Crippen LogP contribution in [0.3, 0.4) is 0 Å². The van der Waals surface area contributed by atoms with Gasteiger partial charge < -0.3 is 14.2 Å². The number of carbonyl (C=O) groups is 3. The molecule has 0 heterocycles. The molecule has 6 heteroatoms. The summed E-state index contributed by atoms with van der Waals surface area (Å²) in [6.07, 6.45) is 79.1. The van der Waals surface area contributed by atoms with E-state index >= 15 is 0 Å². The third-order valence-corrected chi connectivity index (χ3v) is 13.7. The Kier molecular flexibility index (Phi) is 58.7. The van der Waals surface area contributed by atoms with Gasteiger partial charge in [-0.3, -0.25) is 14.4 Å². The summed E-state index contributed by atoms with van der Waals surface area (Å²) in [5.41, 5.74) is 0. The van der Waals surface area contributed by atoms with Crippen LogP contribution >= 0.6 is 0 Å². The predicted octanol–water partition coefficient (Wildman–Crippen LogP) is 21.3. The molecule has 0 fully saturated rings. The van der Waals surface area contributed by atoms with Gasteiger partial charge in [0.25, 0.3) is 0 Å². The van der Waals surface area contributed by atoms with Crippen molar-refractivity contribution >= 4 is 17.9 Å². The first-order chi connectivity index (χ1) is 36.0. The molecule has 0 rings (SSSR count). The van der Waals surface area contributed by atoms with E-state index in [1.807, 2.05) is 0 Å². The Balaban J connectivity index is 4.18. The van der Waals surface area contributed by atoms with Gasteiger partial charge in [0.05, 0.1) is 0 Å². The minimum atomic E-state index is -0.772. The molecule has 422 valence electrons. The van der Waals surface area contributed by atoms with E-state index in [-0.39, 0.29) is 31.1 Å². The summed E-state index contributed by atoms with van der Waals surface area (Å²) >= 11 is 0. The van der Waals surface area contributed by atoms with Crippen molar-refractivity contribution in [2.45, 2.75) is 322 Å². The van der Waals surface area contributed by atoms with Crippen LogP contribution in [0.25, 0.3) is 0 Å². The Morgan fingerprint density at radius 1 is 0.288 bits per heavy atom. The first kappa shape index (κ1) is 69.8. The second kappa shape index (κ2) is 61.4. The summed E-state index contributed by atoms with van der Waals surface area (Å²) < 4.78 is 16.9. The van der Waals surface area contributed by atoms with Crippen LogP contribution < -0.4 is 0 Å². The normalized spacial score (nSPS) is 12.5. The summed E-state index contributed by atoms with van der Waals surface area (Å²) in [7, 11) is 0. The van der Waals surface area contributed by atoms with Gasteiger partial charge in [0.2, 0.25) is 0 Å². The maximum Gasteiger partial charge on any atom is 0.306 e. The highest BCUT2D eigenvalue weighted by Crippen LogP contribution is 2.17. The number of ether oxygens (including phenoxy) is 3. The summed E-state index contributed by atoms with van der Waals surface area (Å²) in [6.45, 7) is 6.54. The molecule has 0 amide bonds. The van der Waals surface area contributed by atoms with Crippen molar-refractivity contribution in [1.29, 1.82) is 0 Å². The van der Waals surface area contributed by atoms with Crippen molar-refractivity contribution in [3.63, 3.8) is 0 Å². The molecule has 0 N–H and O–H groups in total. The first-order valence-corrected chi connectivity index (χ1v) is 31.4. The molecule has 6 nitrogen and oxygen atoms in total. The standard InChI is InChI=1S/C67H118O6/c1-4-7-10-13-16-19-21-23-25-27-28-29-30-31-32-33-34-35-36-37-38-40-41-43-45-48-51-54-57-60-66(69)72-63-64(62-71-65(68)59-56-53-50-47-18-15-12-9-6-3)73-67(70)61-58-55-52-49-46-44-42-39-26-24-22-20-17-14-11-8-5-2/h7,10,16,19,23,25,28-29,31-32,34-35,64H,4-6,8-9,11-15,17-18,20-22,24,26-27,30,33,36-63H2,1-3H3/b10-7-,19-16-,25-23-,29-28-,32-31-,35-34-. The minimum Gasteiger partial charge on any atom is -0.462 e. The van der Waals surface area contributed by atoms with Gasteiger partial charge in [0.1, 0.15) is 13.2 Å². The zero-order valence-corrected chi connectivity index (χ0v) is 48.4. The average Bonchev–Trinajstić information content (AvgIpc) is 3.39. The molecule has 0 bridgehead atoms. The van der Waals surface area contributed by atoms with Crippen LogP contribution in [0.5, 0.6) is 0 Å². The smallest absolute Gasteiger partial charge is 0.306 e. The second-order valence-electron chi connectivity index (χ2n) is 21.0. The lowest BCUT2D eigenvalue weighted by Gasteiger charge is -2.18. The average molecular weight is 1020 g/mol. The fraction of sp³-hybridized carbons (Fsp3) is 0.776. The number of carbonyl (C=O) groups excluding carboxylic acids is 3. The molecule has 1 unspecified atom stereocenters. The van der Waals surface area contributed by atoms with Crippen LogP contribution in [0.2, 0.25) is 0 Å². The topological polar surface area (TPSA) is 78.9 Å². The van der Waals surface area contributed by atoms with E-state index in [1.165, 1.54) is 180 Å². The molecular weight excluding hydrogens is 901 g/mol. The predicted molar refractivity (Wildman–Crippen MR) is 316 cm³/mol. The molecule has 0 aliphatic carbocycles. The van der Waals surface area contributed by atoms with E-state index in [9.17, 15) is 14.4 Å². The molecule has 0 aromatic heterocycles. The number of hydrogen-bond acceptors (Lipinski definition) is 6. The van der Waals surface area contributed by atoms with Crippen molar-refractivity contribution in [2.24, 2.45) is 0 Å². The zero-order chi connectivity index (χ0) is 52.9. The van der Waals surface area contributed by atoms with Crippen LogP contribution in [0.1, 0.15) is 316 Å². The van der Waals surface area contributed by atoms with E-state index in [0.29, 0.717) is 19.3 Å². The van der Waals surface area contributed by atoms with Crippen molar-refractivity contribution in [3.8, 4) is 0 Å². The van der Waals surface area contributed by atoms with E-state index in [2.05, 4.69) is 93.7 Å². The van der Waals surface area contributed by atoms with Crippen LogP contribution in [-0.4, -0.2) is 37.2 Å². The van der Waals surface area contributed by atoms with Gasteiger partial charge in [-0.25, -0.2) is 0 Å². The summed E-state index contributed by atoms with van der Waals surface area (Å²) in [4.78, 5) is 38.1. The summed E-state index contributed by atoms with van der Waals surface area (Å²) in [6, 6.07) is 0. The zero-order valence-electron chi connectivity index (χ0n) is 48.4. The van der Waals surface area contributed by atoms with Crippen LogP contribution in [0.4, 0.5) is 0 Å². The quantitative estimate of drug-likeness (QED) is 0.0261. The Hall–Kier alpha value is -3.15. The highest BCUT2D eigenvalue weighted by molar-refractivity contribution is 5.71. The third kappa shape index (κ3) is 59.6. The van der Waals surface area contributed by atoms with Gasteiger partial charge in [-0.2, -0.15) is 0 Å². The Labute approximate surface area is 453 Å². The van der Waals surface area contributed by atoms with Crippen molar-refractivity contribution < 1.29 is 28.6 Å². The maximum absolute atomic E-state index is 12.9. The molecule has 0 aromatic carbocycles. The Bertz CT molecular complexity index is 1360. The molecule has 0 saturated carbocycles. The first-order valence-electron chi connectivity index (χ1n) is 31.4. The lowest BCUT2D eigenvalue weighted by molar-refractivity contribution is -0.167. The van der Waals surface area contributed by atoms with Crippen molar-refractivity contribution in [1.82, 2.24) is 0 Å². The fourth-order valence-electron chi connectivity index (χ4n) is 9.04. The SMILES string of the molecule is CC/C=C\C/C=C\C/C=C\C/C=C\C/C=C\C/C=C\CCCCCCCCCCCCC(=O)OCC(COC(=O)CCCCCCCCCCC)OC(=O)CCCCCCCCCCCCCCCCCCC. The van der Waals surface area contributed by atoms with Gasteiger partial charge >= 0.3 is 17.9 Å². The molecule has 1 atom stereocenters. The van der Waals surface area contributed by atoms with Gasteiger partial charge in [-0.05, 0) is 70.6 Å². The van der Waals surface area contributed by atoms with Gasteiger partial charge in [-0.15, -0.1) is 0 Å². The largest absolute Gasteiger partial charge is 0.462 e. The Morgan fingerprint density at radius 3 is 0.836 bits per heavy atom. The number of hydrogen-bond donors (Lipinski definition) is 0. The number of rotatable bonds is 57. The van der Waals surface area contributed by atoms with Crippen LogP contribution in [-0.2, 0) is 28.6 Å². The van der Waals surface area contributed by atoms with E-state index in [0.717, 1.165) is 96.3 Å². The highest BCUT2D eigenvalue weighted by atomic mass is 16.6. The van der Waals surface area contributed by atoms with E-state index < -0.39 is 6.10 Å².